The summed E-state index contributed by atoms with van der Waals surface area (Å²) in [4.78, 5) is 5.53. The van der Waals surface area contributed by atoms with Crippen molar-refractivity contribution in [3.05, 3.63) is 16.1 Å². The summed E-state index contributed by atoms with van der Waals surface area (Å²) in [6.07, 6.45) is 3.11. The number of nitrogens with zero attached hydrogens (tertiary/aromatic N) is 1. The Morgan fingerprint density at radius 1 is 1.43 bits per heavy atom. The molecule has 0 aromatic carbocycles. The molecule has 1 aromatic heterocycles. The van der Waals surface area contributed by atoms with Gasteiger partial charge in [-0.2, -0.15) is 0 Å². The van der Waals surface area contributed by atoms with E-state index in [2.05, 4.69) is 4.98 Å². The van der Waals surface area contributed by atoms with Crippen LogP contribution in [0.2, 0.25) is 0 Å². The fourth-order valence-electron chi connectivity index (χ4n) is 1.18. The molecule has 0 aliphatic carbocycles. The number of hydrogen-bond acceptors (Lipinski definition) is 4. The maximum Gasteiger partial charge on any atom is 0.0797 e. The van der Waals surface area contributed by atoms with Crippen LogP contribution in [0.5, 0.6) is 0 Å². The molecule has 0 fully saturated rings. The van der Waals surface area contributed by atoms with Gasteiger partial charge in [-0.05, 0) is 26.3 Å². The van der Waals surface area contributed by atoms with E-state index in [1.54, 1.807) is 11.3 Å². The zero-order chi connectivity index (χ0) is 10.2. The number of hydrogen-bond donors (Lipinski definition) is 1. The van der Waals surface area contributed by atoms with Crippen molar-refractivity contribution in [3.63, 3.8) is 0 Å². The van der Waals surface area contributed by atoms with Crippen molar-refractivity contribution in [2.24, 2.45) is 5.73 Å². The SMILES string of the molecule is Cc1ncsc1CCOCCCCN. The lowest BCUT2D eigenvalue weighted by Crippen LogP contribution is -2.03. The topological polar surface area (TPSA) is 48.1 Å². The van der Waals surface area contributed by atoms with Crippen molar-refractivity contribution in [1.82, 2.24) is 4.98 Å². The molecule has 0 spiro atoms. The standard InChI is InChI=1S/C10H18N2OS/c1-9-10(14-8-12-9)4-7-13-6-3-2-5-11/h8H,2-7,11H2,1H3. The van der Waals surface area contributed by atoms with Gasteiger partial charge < -0.3 is 10.5 Å². The van der Waals surface area contributed by atoms with E-state index in [4.69, 9.17) is 10.5 Å². The Bertz CT molecular complexity index is 250. The van der Waals surface area contributed by atoms with Gasteiger partial charge in [0.05, 0.1) is 17.8 Å². The van der Waals surface area contributed by atoms with Crippen LogP contribution in [0.4, 0.5) is 0 Å². The molecule has 0 atom stereocenters. The van der Waals surface area contributed by atoms with E-state index in [0.717, 1.165) is 44.7 Å². The van der Waals surface area contributed by atoms with Gasteiger partial charge in [-0.25, -0.2) is 4.98 Å². The first-order valence-corrected chi connectivity index (χ1v) is 5.89. The molecule has 0 saturated carbocycles. The second-order valence-electron chi connectivity index (χ2n) is 3.22. The monoisotopic (exact) mass is 214 g/mol. The van der Waals surface area contributed by atoms with Crippen molar-refractivity contribution in [3.8, 4) is 0 Å². The van der Waals surface area contributed by atoms with E-state index >= 15 is 0 Å². The highest BCUT2D eigenvalue weighted by Crippen LogP contribution is 2.12. The Balaban J connectivity index is 2.02. The maximum atomic E-state index is 5.49. The molecule has 0 aliphatic heterocycles. The predicted molar refractivity (Wildman–Crippen MR) is 59.7 cm³/mol. The zero-order valence-electron chi connectivity index (χ0n) is 8.66. The van der Waals surface area contributed by atoms with Crippen LogP contribution < -0.4 is 5.73 Å². The Morgan fingerprint density at radius 3 is 2.93 bits per heavy atom. The lowest BCUT2D eigenvalue weighted by molar-refractivity contribution is 0.134. The van der Waals surface area contributed by atoms with Crippen LogP contribution in [0.25, 0.3) is 0 Å². The number of ether oxygens (including phenoxy) is 1. The second kappa shape index (κ2) is 6.92. The molecule has 0 unspecified atom stereocenters. The number of aromatic nitrogens is 1. The molecule has 0 saturated heterocycles. The molecule has 1 aromatic rings. The summed E-state index contributed by atoms with van der Waals surface area (Å²) in [6, 6.07) is 0. The largest absolute Gasteiger partial charge is 0.381 e. The van der Waals surface area contributed by atoms with Crippen molar-refractivity contribution in [1.29, 1.82) is 0 Å². The number of aryl methyl sites for hydroxylation is 1. The summed E-state index contributed by atoms with van der Waals surface area (Å²) in [5, 5.41) is 0. The van der Waals surface area contributed by atoms with E-state index in [0.29, 0.717) is 0 Å². The Kier molecular flexibility index (Phi) is 5.75. The lowest BCUT2D eigenvalue weighted by atomic mass is 10.3. The summed E-state index contributed by atoms with van der Waals surface area (Å²) in [5.41, 5.74) is 8.41. The minimum absolute atomic E-state index is 0.761. The molecule has 0 bridgehead atoms. The summed E-state index contributed by atoms with van der Waals surface area (Å²) in [5.74, 6) is 0. The van der Waals surface area contributed by atoms with Crippen LogP contribution in [-0.4, -0.2) is 24.7 Å². The Morgan fingerprint density at radius 2 is 2.29 bits per heavy atom. The van der Waals surface area contributed by atoms with Gasteiger partial charge in [0, 0.05) is 17.9 Å². The van der Waals surface area contributed by atoms with Gasteiger partial charge in [-0.1, -0.05) is 0 Å². The van der Waals surface area contributed by atoms with Crippen LogP contribution >= 0.6 is 11.3 Å². The summed E-state index contributed by atoms with van der Waals surface area (Å²) < 4.78 is 5.49. The molecule has 0 aliphatic rings. The van der Waals surface area contributed by atoms with E-state index in [1.165, 1.54) is 4.88 Å². The molecule has 80 valence electrons. The Hall–Kier alpha value is -0.450. The van der Waals surface area contributed by atoms with Crippen molar-refractivity contribution in [2.75, 3.05) is 19.8 Å². The van der Waals surface area contributed by atoms with Crippen LogP contribution in [0, 0.1) is 6.92 Å². The fraction of sp³-hybridized carbons (Fsp3) is 0.700. The third kappa shape index (κ3) is 4.17. The van der Waals surface area contributed by atoms with Crippen molar-refractivity contribution < 1.29 is 4.74 Å². The molecule has 3 nitrogen and oxygen atoms in total. The Labute approximate surface area is 89.3 Å². The van der Waals surface area contributed by atoms with Gasteiger partial charge in [0.15, 0.2) is 0 Å². The first kappa shape index (κ1) is 11.6. The second-order valence-corrected chi connectivity index (χ2v) is 4.16. The molecule has 0 radical (unpaired) electrons. The van der Waals surface area contributed by atoms with Crippen LogP contribution in [0.3, 0.4) is 0 Å². The van der Waals surface area contributed by atoms with E-state index in [9.17, 15) is 0 Å². The van der Waals surface area contributed by atoms with Crippen LogP contribution in [0.15, 0.2) is 5.51 Å². The minimum Gasteiger partial charge on any atom is -0.381 e. The number of unbranched alkanes of at least 4 members (excludes halogenated alkanes) is 1. The normalized spacial score (nSPS) is 10.7. The quantitative estimate of drug-likeness (QED) is 0.703. The van der Waals surface area contributed by atoms with Gasteiger partial charge in [-0.3, -0.25) is 0 Å². The molecule has 4 heteroatoms. The first-order valence-electron chi connectivity index (χ1n) is 5.01. The zero-order valence-corrected chi connectivity index (χ0v) is 9.48. The summed E-state index contributed by atoms with van der Waals surface area (Å²) in [6.45, 7) is 4.43. The lowest BCUT2D eigenvalue weighted by Gasteiger charge is -2.02. The average Bonchev–Trinajstić information content (AvgIpc) is 2.58. The van der Waals surface area contributed by atoms with Crippen LogP contribution in [0.1, 0.15) is 23.4 Å². The first-order chi connectivity index (χ1) is 6.84. The molecule has 1 heterocycles. The average molecular weight is 214 g/mol. The number of nitrogens with two attached hydrogens (primary N) is 1. The highest BCUT2D eigenvalue weighted by molar-refractivity contribution is 7.09. The maximum absolute atomic E-state index is 5.49. The van der Waals surface area contributed by atoms with E-state index < -0.39 is 0 Å². The third-order valence-electron chi connectivity index (χ3n) is 2.06. The third-order valence-corrected chi connectivity index (χ3v) is 3.06. The molecular weight excluding hydrogens is 196 g/mol. The molecular formula is C10H18N2OS. The van der Waals surface area contributed by atoms with Gasteiger partial charge in [0.1, 0.15) is 0 Å². The van der Waals surface area contributed by atoms with E-state index in [-0.39, 0.29) is 0 Å². The molecule has 1 rings (SSSR count). The van der Waals surface area contributed by atoms with E-state index in [1.807, 2.05) is 12.4 Å². The summed E-state index contributed by atoms with van der Waals surface area (Å²) in [7, 11) is 0. The smallest absolute Gasteiger partial charge is 0.0797 e. The number of rotatable bonds is 7. The number of thiazole rings is 1. The van der Waals surface area contributed by atoms with Crippen LogP contribution in [-0.2, 0) is 11.2 Å². The molecule has 14 heavy (non-hydrogen) atoms. The highest BCUT2D eigenvalue weighted by atomic mass is 32.1. The van der Waals surface area contributed by atoms with Gasteiger partial charge in [0.2, 0.25) is 0 Å². The predicted octanol–water partition coefficient (Wildman–Crippen LogP) is 1.75. The minimum atomic E-state index is 0.761. The van der Waals surface area contributed by atoms with Crippen molar-refractivity contribution in [2.45, 2.75) is 26.2 Å². The highest BCUT2D eigenvalue weighted by Gasteiger charge is 2.00. The van der Waals surface area contributed by atoms with Gasteiger partial charge in [-0.15, -0.1) is 11.3 Å². The molecule has 0 amide bonds. The molecule has 2 N–H and O–H groups in total. The fourth-order valence-corrected chi connectivity index (χ4v) is 1.94. The van der Waals surface area contributed by atoms with Gasteiger partial charge in [0.25, 0.3) is 0 Å². The van der Waals surface area contributed by atoms with Gasteiger partial charge >= 0.3 is 0 Å². The summed E-state index contributed by atoms with van der Waals surface area (Å²) >= 11 is 1.71. The van der Waals surface area contributed by atoms with Crippen molar-refractivity contribution >= 4 is 11.3 Å².